The minimum absolute atomic E-state index is 0.328. The zero-order valence-corrected chi connectivity index (χ0v) is 10.4. The maximum absolute atomic E-state index is 9.47. The monoisotopic (exact) mass is 216 g/mol. The van der Waals surface area contributed by atoms with Gasteiger partial charge in [-0.15, -0.1) is 0 Å². The van der Waals surface area contributed by atoms with E-state index in [1.807, 2.05) is 32.3 Å². The van der Waals surface area contributed by atoms with E-state index in [4.69, 9.17) is 0 Å². The zero-order valence-electron chi connectivity index (χ0n) is 10.4. The average molecular weight is 216 g/mol. The van der Waals surface area contributed by atoms with Crippen LogP contribution >= 0.6 is 0 Å². The minimum atomic E-state index is -0.328. The summed E-state index contributed by atoms with van der Waals surface area (Å²) in [5, 5.41) is 9.47. The number of hydrogen-bond acceptors (Lipinski definition) is 2. The molecule has 16 heavy (non-hydrogen) atoms. The van der Waals surface area contributed by atoms with Gasteiger partial charge < -0.3 is 4.90 Å². The second kappa shape index (κ2) is 5.67. The van der Waals surface area contributed by atoms with Crippen LogP contribution in [0.25, 0.3) is 0 Å². The van der Waals surface area contributed by atoms with E-state index < -0.39 is 0 Å². The largest absolute Gasteiger partial charge is 0.309 e. The molecule has 0 aliphatic rings. The lowest BCUT2D eigenvalue weighted by atomic mass is 9.76. The minimum Gasteiger partial charge on any atom is -0.309 e. The van der Waals surface area contributed by atoms with Gasteiger partial charge in [-0.25, -0.2) is 0 Å². The highest BCUT2D eigenvalue weighted by molar-refractivity contribution is 5.32. The predicted octanol–water partition coefficient (Wildman–Crippen LogP) is 2.81. The van der Waals surface area contributed by atoms with Crippen LogP contribution < -0.4 is 0 Å². The molecule has 0 N–H and O–H groups in total. The molecule has 0 heterocycles. The first-order valence-electron chi connectivity index (χ1n) is 5.76. The molecule has 0 amide bonds. The first-order chi connectivity index (χ1) is 7.64. The summed E-state index contributed by atoms with van der Waals surface area (Å²) in [7, 11) is 4.09. The van der Waals surface area contributed by atoms with Crippen LogP contribution in [-0.4, -0.2) is 25.5 Å². The van der Waals surface area contributed by atoms with Crippen molar-refractivity contribution in [1.82, 2.24) is 4.90 Å². The van der Waals surface area contributed by atoms with Gasteiger partial charge in [0.1, 0.15) is 0 Å². The highest BCUT2D eigenvalue weighted by Gasteiger charge is 2.29. The van der Waals surface area contributed by atoms with Crippen molar-refractivity contribution in [2.24, 2.45) is 0 Å². The van der Waals surface area contributed by atoms with Crippen molar-refractivity contribution in [2.45, 2.75) is 25.2 Å². The molecule has 2 nitrogen and oxygen atoms in total. The standard InChI is InChI=1S/C14H20N2/c1-4-14(12-15,10-11-16(2)3)13-8-6-5-7-9-13/h5-9H,4,10-11H2,1-3H3/t14-/m0/s1. The van der Waals surface area contributed by atoms with Crippen LogP contribution in [0.3, 0.4) is 0 Å². The molecule has 0 saturated carbocycles. The maximum Gasteiger partial charge on any atom is 0.0831 e. The Morgan fingerprint density at radius 1 is 1.25 bits per heavy atom. The summed E-state index contributed by atoms with van der Waals surface area (Å²) in [4.78, 5) is 2.13. The average Bonchev–Trinajstić information content (AvgIpc) is 2.32. The molecule has 0 bridgehead atoms. The molecule has 1 aromatic rings. The van der Waals surface area contributed by atoms with E-state index in [-0.39, 0.29) is 5.41 Å². The predicted molar refractivity (Wildman–Crippen MR) is 67.2 cm³/mol. The van der Waals surface area contributed by atoms with Gasteiger partial charge in [0.2, 0.25) is 0 Å². The van der Waals surface area contributed by atoms with E-state index in [1.165, 1.54) is 0 Å². The van der Waals surface area contributed by atoms with Crippen LogP contribution in [0.15, 0.2) is 30.3 Å². The quantitative estimate of drug-likeness (QED) is 0.756. The third-order valence-electron chi connectivity index (χ3n) is 3.13. The van der Waals surface area contributed by atoms with Crippen molar-refractivity contribution < 1.29 is 0 Å². The van der Waals surface area contributed by atoms with Crippen molar-refractivity contribution in [3.63, 3.8) is 0 Å². The highest BCUT2D eigenvalue weighted by atomic mass is 15.0. The molecule has 0 fully saturated rings. The van der Waals surface area contributed by atoms with Crippen molar-refractivity contribution >= 4 is 0 Å². The van der Waals surface area contributed by atoms with Gasteiger partial charge in [-0.2, -0.15) is 5.26 Å². The molecule has 0 radical (unpaired) electrons. The summed E-state index contributed by atoms with van der Waals surface area (Å²) in [5.41, 5.74) is 0.813. The van der Waals surface area contributed by atoms with E-state index >= 15 is 0 Å². The smallest absolute Gasteiger partial charge is 0.0831 e. The van der Waals surface area contributed by atoms with E-state index in [0.717, 1.165) is 24.9 Å². The summed E-state index contributed by atoms with van der Waals surface area (Å²) in [6.45, 7) is 3.03. The molecule has 1 rings (SSSR count). The van der Waals surface area contributed by atoms with Crippen molar-refractivity contribution in [3.05, 3.63) is 35.9 Å². The molecule has 0 aliphatic carbocycles. The molecule has 0 unspecified atom stereocenters. The van der Waals surface area contributed by atoms with E-state index in [1.54, 1.807) is 0 Å². The summed E-state index contributed by atoms with van der Waals surface area (Å²) < 4.78 is 0. The van der Waals surface area contributed by atoms with Crippen LogP contribution in [0.1, 0.15) is 25.3 Å². The second-order valence-corrected chi connectivity index (χ2v) is 4.47. The molecular formula is C14H20N2. The number of hydrogen-bond donors (Lipinski definition) is 0. The topological polar surface area (TPSA) is 27.0 Å². The van der Waals surface area contributed by atoms with Gasteiger partial charge >= 0.3 is 0 Å². The SMILES string of the molecule is CC[C@@](C#N)(CCN(C)C)c1ccccc1. The molecule has 0 spiro atoms. The fourth-order valence-corrected chi connectivity index (χ4v) is 1.90. The molecule has 0 aromatic heterocycles. The van der Waals surface area contributed by atoms with Gasteiger partial charge in [0.05, 0.1) is 11.5 Å². The lowest BCUT2D eigenvalue weighted by Crippen LogP contribution is -2.28. The first-order valence-corrected chi connectivity index (χ1v) is 5.76. The summed E-state index contributed by atoms with van der Waals surface area (Å²) in [6, 6.07) is 12.6. The van der Waals surface area contributed by atoms with Crippen molar-refractivity contribution in [2.75, 3.05) is 20.6 Å². The van der Waals surface area contributed by atoms with E-state index in [9.17, 15) is 5.26 Å². The van der Waals surface area contributed by atoms with Crippen LogP contribution in [0, 0.1) is 11.3 Å². The van der Waals surface area contributed by atoms with Crippen molar-refractivity contribution in [3.8, 4) is 6.07 Å². The molecule has 86 valence electrons. The summed E-state index contributed by atoms with van der Waals surface area (Å²) in [5.74, 6) is 0. The molecule has 1 atom stereocenters. The van der Waals surface area contributed by atoms with Crippen LogP contribution in [0.5, 0.6) is 0 Å². The third-order valence-corrected chi connectivity index (χ3v) is 3.13. The fraction of sp³-hybridized carbons (Fsp3) is 0.500. The Morgan fingerprint density at radius 2 is 1.88 bits per heavy atom. The molecule has 0 saturated heterocycles. The fourth-order valence-electron chi connectivity index (χ4n) is 1.90. The van der Waals surface area contributed by atoms with Gasteiger partial charge in [0.25, 0.3) is 0 Å². The molecule has 1 aromatic carbocycles. The number of nitriles is 1. The number of rotatable bonds is 5. The number of nitrogens with zero attached hydrogens (tertiary/aromatic N) is 2. The van der Waals surface area contributed by atoms with Crippen LogP contribution in [0.4, 0.5) is 0 Å². The summed E-state index contributed by atoms with van der Waals surface area (Å²) in [6.07, 6.45) is 1.75. The maximum atomic E-state index is 9.47. The molecular weight excluding hydrogens is 196 g/mol. The Hall–Kier alpha value is -1.33. The Kier molecular flexibility index (Phi) is 4.52. The van der Waals surface area contributed by atoms with Gasteiger partial charge in [-0.05, 0) is 39.0 Å². The lowest BCUT2D eigenvalue weighted by Gasteiger charge is -2.27. The normalized spacial score (nSPS) is 14.4. The van der Waals surface area contributed by atoms with Crippen LogP contribution in [0.2, 0.25) is 0 Å². The Morgan fingerprint density at radius 3 is 2.31 bits per heavy atom. The third kappa shape index (κ3) is 2.84. The lowest BCUT2D eigenvalue weighted by molar-refractivity contribution is 0.347. The van der Waals surface area contributed by atoms with E-state index in [0.29, 0.717) is 0 Å². The first kappa shape index (κ1) is 12.7. The van der Waals surface area contributed by atoms with Gasteiger partial charge in [-0.3, -0.25) is 0 Å². The highest BCUT2D eigenvalue weighted by Crippen LogP contribution is 2.30. The Labute approximate surface area is 98.5 Å². The summed E-state index contributed by atoms with van der Waals surface area (Å²) >= 11 is 0. The second-order valence-electron chi connectivity index (χ2n) is 4.47. The number of benzene rings is 1. The molecule has 0 aliphatic heterocycles. The Bertz CT molecular complexity index is 351. The van der Waals surface area contributed by atoms with Crippen molar-refractivity contribution in [1.29, 1.82) is 5.26 Å². The zero-order chi connectivity index (χ0) is 12.0. The molecule has 2 heteroatoms. The van der Waals surface area contributed by atoms with E-state index in [2.05, 4.69) is 30.0 Å². The Balaban J connectivity index is 2.93. The van der Waals surface area contributed by atoms with Gasteiger partial charge in [0, 0.05) is 0 Å². The van der Waals surface area contributed by atoms with Gasteiger partial charge in [0.15, 0.2) is 0 Å². The van der Waals surface area contributed by atoms with Gasteiger partial charge in [-0.1, -0.05) is 37.3 Å². The van der Waals surface area contributed by atoms with Crippen LogP contribution in [-0.2, 0) is 5.41 Å².